The van der Waals surface area contributed by atoms with E-state index in [9.17, 15) is 9.18 Å². The second-order valence-electron chi connectivity index (χ2n) is 7.67. The van der Waals surface area contributed by atoms with Gasteiger partial charge < -0.3 is 10.0 Å². The molecule has 0 unspecified atom stereocenters. The lowest BCUT2D eigenvalue weighted by Gasteiger charge is -2.38. The van der Waals surface area contributed by atoms with Crippen molar-refractivity contribution in [3.8, 4) is 11.8 Å². The van der Waals surface area contributed by atoms with Crippen LogP contribution in [0.15, 0.2) is 36.4 Å². The highest BCUT2D eigenvalue weighted by atomic mass is 19.1. The molecule has 1 amide bonds. The summed E-state index contributed by atoms with van der Waals surface area (Å²) in [6.07, 6.45) is 1.39. The first kappa shape index (κ1) is 20.1. The third-order valence-electron chi connectivity index (χ3n) is 5.35. The van der Waals surface area contributed by atoms with Gasteiger partial charge in [-0.3, -0.25) is 4.79 Å². The number of carbonyl (C=O) groups excluding carboxylic acids is 1. The van der Waals surface area contributed by atoms with Gasteiger partial charge in [0.1, 0.15) is 12.4 Å². The third kappa shape index (κ3) is 4.26. The Kier molecular flexibility index (Phi) is 6.16. The Labute approximate surface area is 166 Å². The van der Waals surface area contributed by atoms with Crippen LogP contribution in [0, 0.1) is 43.3 Å². The Bertz CT molecular complexity index is 918. The summed E-state index contributed by atoms with van der Waals surface area (Å²) in [6, 6.07) is 10.8. The SMILES string of the molecule is Cc1cc(C#CCO)cc(C)c1N1C[C@@H](Cc2ccccc2F)C[C@@H](C)C1=O. The maximum Gasteiger partial charge on any atom is 0.229 e. The third-order valence-corrected chi connectivity index (χ3v) is 5.35. The van der Waals surface area contributed by atoms with Crippen LogP contribution in [0.3, 0.4) is 0 Å². The molecule has 2 aromatic carbocycles. The zero-order chi connectivity index (χ0) is 20.3. The predicted molar refractivity (Wildman–Crippen MR) is 110 cm³/mol. The van der Waals surface area contributed by atoms with Gasteiger partial charge in [0, 0.05) is 23.7 Å². The molecule has 1 aliphatic heterocycles. The molecule has 1 aliphatic rings. The Hall–Kier alpha value is -2.64. The van der Waals surface area contributed by atoms with Crippen molar-refractivity contribution in [3.05, 3.63) is 64.5 Å². The van der Waals surface area contributed by atoms with Crippen molar-refractivity contribution in [2.45, 2.75) is 33.6 Å². The predicted octanol–water partition coefficient (Wildman–Crippen LogP) is 4.02. The molecule has 0 bridgehead atoms. The molecule has 3 rings (SSSR count). The van der Waals surface area contributed by atoms with Crippen LogP contribution in [-0.2, 0) is 11.2 Å². The molecule has 3 nitrogen and oxygen atoms in total. The lowest BCUT2D eigenvalue weighted by Crippen LogP contribution is -2.46. The van der Waals surface area contributed by atoms with Crippen molar-refractivity contribution in [1.29, 1.82) is 0 Å². The largest absolute Gasteiger partial charge is 0.384 e. The molecular formula is C24H26FNO2. The summed E-state index contributed by atoms with van der Waals surface area (Å²) in [5.41, 5.74) is 4.42. The highest BCUT2D eigenvalue weighted by Gasteiger charge is 2.34. The van der Waals surface area contributed by atoms with Crippen LogP contribution in [0.4, 0.5) is 10.1 Å². The number of carbonyl (C=O) groups is 1. The van der Waals surface area contributed by atoms with Crippen molar-refractivity contribution >= 4 is 11.6 Å². The number of piperidine rings is 1. The van der Waals surface area contributed by atoms with E-state index in [1.54, 1.807) is 6.07 Å². The van der Waals surface area contributed by atoms with E-state index in [-0.39, 0.29) is 30.2 Å². The number of anilines is 1. The topological polar surface area (TPSA) is 40.5 Å². The number of amides is 1. The molecule has 0 radical (unpaired) electrons. The number of hydrogen-bond acceptors (Lipinski definition) is 2. The number of aryl methyl sites for hydroxylation is 2. The van der Waals surface area contributed by atoms with Crippen molar-refractivity contribution in [3.63, 3.8) is 0 Å². The number of hydrogen-bond donors (Lipinski definition) is 1. The van der Waals surface area contributed by atoms with Crippen LogP contribution >= 0.6 is 0 Å². The molecule has 146 valence electrons. The van der Waals surface area contributed by atoms with Crippen LogP contribution in [-0.4, -0.2) is 24.2 Å². The zero-order valence-corrected chi connectivity index (χ0v) is 16.6. The highest BCUT2D eigenvalue weighted by molar-refractivity contribution is 5.97. The maximum atomic E-state index is 14.1. The van der Waals surface area contributed by atoms with E-state index in [1.165, 1.54) is 6.07 Å². The minimum absolute atomic E-state index is 0.0989. The average Bonchev–Trinajstić information content (AvgIpc) is 2.65. The standard InChI is InChI=1S/C24H26FNO2/c1-16-11-19(7-6-10-27)12-17(2)23(16)26-15-20(13-18(3)24(26)28)14-21-8-4-5-9-22(21)25/h4-5,8-9,11-12,18,20,27H,10,13-15H2,1-3H3/t18-,20-/m1/s1. The van der Waals surface area contributed by atoms with Crippen LogP contribution < -0.4 is 4.90 Å². The first-order valence-corrected chi connectivity index (χ1v) is 9.66. The van der Waals surface area contributed by atoms with Crippen LogP contribution in [0.5, 0.6) is 0 Å². The van der Waals surface area contributed by atoms with Gasteiger partial charge in [-0.2, -0.15) is 0 Å². The molecule has 1 fully saturated rings. The summed E-state index contributed by atoms with van der Waals surface area (Å²) in [6.45, 7) is 6.31. The molecule has 2 aromatic rings. The molecule has 0 spiro atoms. The number of aliphatic hydroxyl groups excluding tert-OH is 1. The van der Waals surface area contributed by atoms with Gasteiger partial charge in [0.05, 0.1) is 0 Å². The Morgan fingerprint density at radius 2 is 1.89 bits per heavy atom. The second kappa shape index (κ2) is 8.58. The smallest absolute Gasteiger partial charge is 0.229 e. The number of nitrogens with zero attached hydrogens (tertiary/aromatic N) is 1. The first-order valence-electron chi connectivity index (χ1n) is 9.66. The molecule has 0 aromatic heterocycles. The summed E-state index contributed by atoms with van der Waals surface area (Å²) in [5, 5.41) is 8.91. The van der Waals surface area contributed by atoms with E-state index in [4.69, 9.17) is 5.11 Å². The van der Waals surface area contributed by atoms with Gasteiger partial charge in [0.15, 0.2) is 0 Å². The molecular weight excluding hydrogens is 353 g/mol. The molecule has 0 aliphatic carbocycles. The normalized spacial score (nSPS) is 19.3. The maximum absolute atomic E-state index is 14.1. The molecule has 28 heavy (non-hydrogen) atoms. The molecule has 1 heterocycles. The Morgan fingerprint density at radius 1 is 1.21 bits per heavy atom. The number of rotatable bonds is 3. The lowest BCUT2D eigenvalue weighted by molar-refractivity contribution is -0.124. The van der Waals surface area contributed by atoms with Crippen LogP contribution in [0.25, 0.3) is 0 Å². The van der Waals surface area contributed by atoms with Gasteiger partial charge in [0.2, 0.25) is 5.91 Å². The monoisotopic (exact) mass is 379 g/mol. The first-order chi connectivity index (χ1) is 13.4. The molecule has 4 heteroatoms. The van der Waals surface area contributed by atoms with E-state index < -0.39 is 0 Å². The van der Waals surface area contributed by atoms with Crippen molar-refractivity contribution in [2.24, 2.45) is 11.8 Å². The lowest BCUT2D eigenvalue weighted by atomic mass is 9.84. The second-order valence-corrected chi connectivity index (χ2v) is 7.67. The Morgan fingerprint density at radius 3 is 2.54 bits per heavy atom. The van der Waals surface area contributed by atoms with E-state index in [1.807, 2.05) is 49.9 Å². The fourth-order valence-electron chi connectivity index (χ4n) is 4.21. The minimum atomic E-state index is -0.183. The molecule has 1 N–H and O–H groups in total. The quantitative estimate of drug-likeness (QED) is 0.819. The summed E-state index contributed by atoms with van der Waals surface area (Å²) < 4.78 is 14.1. The molecule has 2 atom stereocenters. The summed E-state index contributed by atoms with van der Waals surface area (Å²) in [4.78, 5) is 14.8. The van der Waals surface area contributed by atoms with Crippen molar-refractivity contribution < 1.29 is 14.3 Å². The summed E-state index contributed by atoms with van der Waals surface area (Å²) in [5.74, 6) is 5.63. The van der Waals surface area contributed by atoms with Crippen molar-refractivity contribution in [1.82, 2.24) is 0 Å². The van der Waals surface area contributed by atoms with Gasteiger partial charge in [0.25, 0.3) is 0 Å². The zero-order valence-electron chi connectivity index (χ0n) is 16.6. The molecule has 0 saturated carbocycles. The fourth-order valence-corrected chi connectivity index (χ4v) is 4.21. The van der Waals surface area contributed by atoms with Gasteiger partial charge in [-0.25, -0.2) is 4.39 Å². The van der Waals surface area contributed by atoms with Gasteiger partial charge in [-0.05, 0) is 67.5 Å². The van der Waals surface area contributed by atoms with Gasteiger partial charge in [-0.15, -0.1) is 0 Å². The highest BCUT2D eigenvalue weighted by Crippen LogP contribution is 2.34. The van der Waals surface area contributed by atoms with E-state index in [0.717, 1.165) is 28.8 Å². The number of halogens is 1. The van der Waals surface area contributed by atoms with E-state index in [2.05, 4.69) is 11.8 Å². The fraction of sp³-hybridized carbons (Fsp3) is 0.375. The number of benzene rings is 2. The minimum Gasteiger partial charge on any atom is -0.384 e. The van der Waals surface area contributed by atoms with E-state index >= 15 is 0 Å². The van der Waals surface area contributed by atoms with E-state index in [0.29, 0.717) is 18.5 Å². The summed E-state index contributed by atoms with van der Waals surface area (Å²) in [7, 11) is 0. The Balaban J connectivity index is 1.90. The number of aliphatic hydroxyl groups is 1. The van der Waals surface area contributed by atoms with Gasteiger partial charge >= 0.3 is 0 Å². The average molecular weight is 379 g/mol. The van der Waals surface area contributed by atoms with Crippen LogP contribution in [0.1, 0.15) is 35.6 Å². The van der Waals surface area contributed by atoms with Crippen LogP contribution in [0.2, 0.25) is 0 Å². The molecule has 1 saturated heterocycles. The van der Waals surface area contributed by atoms with Gasteiger partial charge in [-0.1, -0.05) is 37.0 Å². The van der Waals surface area contributed by atoms with Crippen molar-refractivity contribution in [2.75, 3.05) is 18.1 Å². The summed E-state index contributed by atoms with van der Waals surface area (Å²) >= 11 is 0.